The molecule has 4 rings (SSSR count). The highest BCUT2D eigenvalue weighted by Crippen LogP contribution is 2.27. The van der Waals surface area contributed by atoms with Crippen LogP contribution in [-0.4, -0.2) is 337 Å². The number of aromatic nitrogens is 2. The molecule has 143 heavy (non-hydrogen) atoms. The number of aliphatic hydroxyl groups excluding tert-OH is 1. The topological polar surface area (TPSA) is 956 Å². The van der Waals surface area contributed by atoms with Gasteiger partial charge in [-0.15, -0.1) is 0 Å². The maximum atomic E-state index is 15.5. The summed E-state index contributed by atoms with van der Waals surface area (Å²) in [5.74, 6) is -29.6. The molecule has 1 aromatic rings. The van der Waals surface area contributed by atoms with Gasteiger partial charge in [0.1, 0.15) is 103 Å². The Morgan fingerprint density at radius 2 is 0.881 bits per heavy atom. The molecule has 0 aromatic carbocycles. The number of unbranched alkanes of at least 4 members (excludes halogenated alkanes) is 3. The van der Waals surface area contributed by atoms with Gasteiger partial charge in [-0.3, -0.25) is 122 Å². The van der Waals surface area contributed by atoms with E-state index in [2.05, 4.69) is 111 Å². The van der Waals surface area contributed by atoms with E-state index in [0.717, 1.165) is 40.3 Å². The van der Waals surface area contributed by atoms with Crippen LogP contribution in [0.1, 0.15) is 169 Å². The van der Waals surface area contributed by atoms with E-state index in [1.807, 2.05) is 0 Å². The number of carboxylic acid groups (broad SMARTS) is 1. The molecule has 3 fully saturated rings. The first-order valence-electron chi connectivity index (χ1n) is 46.0. The number of carbonyl (C=O) groups is 22. The molecular formula is C82H137N33O24S4. The first kappa shape index (κ1) is 122. The second kappa shape index (κ2) is 62.9. The quantitative estimate of drug-likeness (QED) is 0.0127. The van der Waals surface area contributed by atoms with Crippen LogP contribution in [0.3, 0.4) is 0 Å². The van der Waals surface area contributed by atoms with Crippen LogP contribution in [0.25, 0.3) is 0 Å². The Morgan fingerprint density at radius 3 is 1.36 bits per heavy atom. The number of nitrogens with zero attached hydrogens (tertiary/aromatic N) is 2. The summed E-state index contributed by atoms with van der Waals surface area (Å²) in [7, 11) is 2.85. The molecule has 0 radical (unpaired) electrons. The van der Waals surface area contributed by atoms with E-state index in [0.29, 0.717) is 27.3 Å². The Labute approximate surface area is 838 Å². The van der Waals surface area contributed by atoms with Gasteiger partial charge in [-0.05, 0) is 130 Å². The Bertz CT molecular complexity index is 4640. The third-order valence-corrected chi connectivity index (χ3v) is 26.9. The highest BCUT2D eigenvalue weighted by Gasteiger charge is 2.43. The van der Waals surface area contributed by atoms with Gasteiger partial charge in [0.05, 0.1) is 24.9 Å². The minimum atomic E-state index is -2.03. The standard InChI is InChI=1S/C82H137N33O24S4/c1-37(2)28-51-72(132)112-53-33-141-140-32-43(83)65(125)110-52(30-59(86)119)73(133)113-55(75(135)104-44(14-7-10-24-95-80(88)89)66(126)101-40(5)79(139)115-27-13-17-56(115)77(137)107-49(20-23-60(120)121)71(131)114-61(41(6)116)78(138)100-39(4)64(124)109-51)35-143-142-34-54(76(136)106-47(18-21-57(84)117)69(129)105-48(19-22-58(85)118)70(130)108-50(62(87)122)29-42-31-94-36-98-42)111-68(128)46(16-9-12-26-97-82(92)93)103-67(127)45(15-8-11-25-96-81(90)91)102-63(123)38(3)99-74(53)134/h31,36-41,43-56,61,116H,7-30,32-35,83H2,1-6H3,(H2,84,117)(H2,85,118)(H2,86,119)(H2,87,122)(H,94,98)(H,99,134)(H,100,138)(H,101,126)(H,102,123)(H,103,127)(H,104,135)(H,105,129)(H,106,136)(H,107,137)(H,108,130)(H,109,124)(H,110,125)(H,111,128)(H,112,132)(H,113,133)(H,114,131)(H,120,121)(H4,88,89,95)(H4,90,91,96)(H4,92,93,97)/t38-,39-,40-,41+,43-,44-,45-,46-,47-,48-,49-,50-,51-,52-,53-,54-,55-,56-,61-/m0/s1. The van der Waals surface area contributed by atoms with Gasteiger partial charge in [-0.1, -0.05) is 57.0 Å². The van der Waals surface area contributed by atoms with E-state index >= 15 is 24.0 Å². The third kappa shape index (κ3) is 45.7. The summed E-state index contributed by atoms with van der Waals surface area (Å²) in [6.07, 6.45) is -5.24. The second-order valence-electron chi connectivity index (χ2n) is 34.5. The molecule has 4 heterocycles. The van der Waals surface area contributed by atoms with Gasteiger partial charge < -0.3 is 167 Å². The number of carbonyl (C=O) groups excluding carboxylic acids is 21. The lowest BCUT2D eigenvalue weighted by atomic mass is 10.0. The van der Waals surface area contributed by atoms with E-state index in [9.17, 15) is 91.7 Å². The molecule has 3 aliphatic heterocycles. The molecule has 1 aromatic heterocycles. The number of imidazole rings is 1. The SMILES string of the molecule is CC(C)C[C@@H]1NC(=O)[C@H](C)NC(=O)[C@H]([C@@H](C)O)NC(=O)[C@H](CCC(=O)O)NC(=O)[C@@H]2CCCN2C(=O)[C@H](C)NC(=O)[C@H](CCCCNC(=N)N)NC(=O)[C@@H]2CSSC[C@@H](C(=O)N[C@@H](CCC(N)=O)C(=O)N[C@@H](CCC(N)=O)C(=O)N[C@@H](Cc3cnc[nH]3)C(N)=O)NC(=O)[C@H](CCCCNC(=N)N)NC(=O)[C@H](CCCCNC(=N)N)NC(=O)[C@H](C)NC(=O)[C@H](CSSC[C@H](N)C(=O)N[C@@H](CC(N)=O)C(=O)N2)NC1=O. The minimum Gasteiger partial charge on any atom is -0.481 e. The molecule has 0 aliphatic carbocycles. The van der Waals surface area contributed by atoms with Crippen LogP contribution in [0.15, 0.2) is 12.5 Å². The minimum absolute atomic E-state index is 0.00308. The Balaban J connectivity index is 2.14. The molecule has 3 saturated heterocycles. The maximum absolute atomic E-state index is 15.5. The lowest BCUT2D eigenvalue weighted by molar-refractivity contribution is -0.142. The van der Waals surface area contributed by atoms with Crippen LogP contribution in [0, 0.1) is 22.1 Å². The summed E-state index contributed by atoms with van der Waals surface area (Å²) < 4.78 is 0. The van der Waals surface area contributed by atoms with Gasteiger partial charge >= 0.3 is 5.97 Å². The first-order chi connectivity index (χ1) is 67.3. The van der Waals surface area contributed by atoms with Crippen molar-refractivity contribution in [3.05, 3.63) is 18.2 Å². The molecule has 3 aliphatic rings. The number of carboxylic acids is 1. The van der Waals surface area contributed by atoms with Gasteiger partial charge in [-0.2, -0.15) is 0 Å². The summed E-state index contributed by atoms with van der Waals surface area (Å²) in [6.45, 7) is 7.79. The van der Waals surface area contributed by atoms with Crippen molar-refractivity contribution in [3.63, 3.8) is 0 Å². The normalized spacial score (nSPS) is 24.6. The number of hydrogen-bond acceptors (Lipinski definition) is 32. The zero-order valence-electron chi connectivity index (χ0n) is 80.0. The molecule has 2 bridgehead atoms. The van der Waals surface area contributed by atoms with Crippen molar-refractivity contribution in [3.8, 4) is 0 Å². The van der Waals surface area contributed by atoms with E-state index < -0.39 is 337 Å². The lowest BCUT2D eigenvalue weighted by Gasteiger charge is -2.30. The number of aromatic amines is 1. The number of H-pyrrole nitrogens is 1. The fraction of sp³-hybridized carbons (Fsp3) is 0.659. The van der Waals surface area contributed by atoms with Crippen molar-refractivity contribution in [2.45, 2.75) is 285 Å². The van der Waals surface area contributed by atoms with Crippen LogP contribution in [0.2, 0.25) is 0 Å². The van der Waals surface area contributed by atoms with Crippen molar-refractivity contribution in [2.75, 3.05) is 49.2 Å². The van der Waals surface area contributed by atoms with Crippen LogP contribution >= 0.6 is 43.2 Å². The molecule has 57 nitrogen and oxygen atoms in total. The molecular weight excluding hydrogens is 1960 g/mol. The number of guanidine groups is 3. The Kier molecular flexibility index (Phi) is 53.6. The summed E-state index contributed by atoms with van der Waals surface area (Å²) in [6, 6.07) is -31.6. The van der Waals surface area contributed by atoms with Crippen molar-refractivity contribution < 1.29 is 116 Å². The molecule has 798 valence electrons. The van der Waals surface area contributed by atoms with Gasteiger partial charge in [-0.25, -0.2) is 4.98 Å². The fourth-order valence-electron chi connectivity index (χ4n) is 14.2. The van der Waals surface area contributed by atoms with Crippen molar-refractivity contribution >= 4 is 191 Å². The largest absolute Gasteiger partial charge is 0.481 e. The zero-order chi connectivity index (χ0) is 107. The molecule has 61 heteroatoms. The molecule has 41 N–H and O–H groups in total. The number of fused-ring (bicyclic) bond motifs is 12. The van der Waals surface area contributed by atoms with Crippen LogP contribution in [0.5, 0.6) is 0 Å². The predicted octanol–water partition coefficient (Wildman–Crippen LogP) is -12.0. The molecule has 21 amide bonds. The van der Waals surface area contributed by atoms with Gasteiger partial charge in [0.25, 0.3) is 0 Å². The Morgan fingerprint density at radius 1 is 0.462 bits per heavy atom. The van der Waals surface area contributed by atoms with Gasteiger partial charge in [0.15, 0.2) is 17.9 Å². The molecule has 0 spiro atoms. The van der Waals surface area contributed by atoms with Crippen LogP contribution in [0.4, 0.5) is 0 Å². The summed E-state index contributed by atoms with van der Waals surface area (Å²) in [5.41, 5.74) is 45.9. The highest BCUT2D eigenvalue weighted by atomic mass is 33.1. The predicted molar refractivity (Wildman–Crippen MR) is 522 cm³/mol. The number of nitrogens with one attached hydrogen (secondary N) is 23. The lowest BCUT2D eigenvalue weighted by Crippen LogP contribution is -2.61. The summed E-state index contributed by atoms with van der Waals surface area (Å²) in [4.78, 5) is 322. The van der Waals surface area contributed by atoms with E-state index in [4.69, 9.17) is 62.1 Å². The number of primary amides is 4. The van der Waals surface area contributed by atoms with Gasteiger partial charge in [0.2, 0.25) is 124 Å². The zero-order valence-corrected chi connectivity index (χ0v) is 83.3. The highest BCUT2D eigenvalue weighted by molar-refractivity contribution is 8.77. The molecule has 0 unspecified atom stereocenters. The number of nitrogens with two attached hydrogens (primary N) is 8. The fourth-order valence-corrected chi connectivity index (χ4v) is 18.9. The van der Waals surface area contributed by atoms with Gasteiger partial charge in [0, 0.05) is 86.8 Å². The van der Waals surface area contributed by atoms with E-state index in [1.165, 1.54) is 26.4 Å². The van der Waals surface area contributed by atoms with E-state index in [1.54, 1.807) is 13.8 Å². The monoisotopic (exact) mass is 2100 g/mol. The average Bonchev–Trinajstić information content (AvgIpc) is 1.72. The Hall–Kier alpha value is -13.3. The van der Waals surface area contributed by atoms with E-state index in [-0.39, 0.29) is 110 Å². The number of rotatable bonds is 38. The number of hydrogen-bond donors (Lipinski definition) is 33. The smallest absolute Gasteiger partial charge is 0.303 e. The molecule has 0 saturated carbocycles. The number of aliphatic carboxylic acids is 1. The third-order valence-electron chi connectivity index (χ3n) is 22.0. The van der Waals surface area contributed by atoms with Crippen molar-refractivity contribution in [2.24, 2.45) is 51.8 Å². The summed E-state index contributed by atoms with van der Waals surface area (Å²) >= 11 is 0. The summed E-state index contributed by atoms with van der Waals surface area (Å²) in [5, 5.41) is 91.3. The number of amides is 21. The average molecular weight is 2100 g/mol. The second-order valence-corrected chi connectivity index (χ2v) is 39.6. The maximum Gasteiger partial charge on any atom is 0.303 e. The number of aliphatic hydroxyl groups is 1. The van der Waals surface area contributed by atoms with Crippen molar-refractivity contribution in [1.82, 2.24) is 116 Å². The van der Waals surface area contributed by atoms with Crippen LogP contribution < -0.4 is 147 Å². The van der Waals surface area contributed by atoms with Crippen LogP contribution in [-0.2, 0) is 112 Å². The van der Waals surface area contributed by atoms with Crippen molar-refractivity contribution in [1.29, 1.82) is 16.2 Å². The molecule has 19 atom stereocenters. The first-order valence-corrected chi connectivity index (χ1v) is 51.0.